The molecule has 1 atom stereocenters. The third-order valence-corrected chi connectivity index (χ3v) is 7.30. The van der Waals surface area contributed by atoms with Crippen molar-refractivity contribution in [3.8, 4) is 0 Å². The number of carbonyl (C=O) groups excluding carboxylic acids is 1. The maximum absolute atomic E-state index is 13.1. The van der Waals surface area contributed by atoms with Crippen LogP contribution in [0.25, 0.3) is 0 Å². The zero-order valence-corrected chi connectivity index (χ0v) is 15.9. The molecule has 0 saturated carbocycles. The topological polar surface area (TPSA) is 63.2 Å². The van der Waals surface area contributed by atoms with Crippen LogP contribution in [0, 0.1) is 6.92 Å². The van der Waals surface area contributed by atoms with Crippen molar-refractivity contribution in [1.29, 1.82) is 0 Å². The number of aryl methyl sites for hydroxylation is 1. The van der Waals surface area contributed by atoms with Crippen LogP contribution >= 0.6 is 11.3 Å². The fraction of sp³-hybridized carbons (Fsp3) is 0.150. The first-order valence-corrected chi connectivity index (χ1v) is 10.6. The summed E-state index contributed by atoms with van der Waals surface area (Å²) < 4.78 is 26.2. The minimum atomic E-state index is -3.61. The molecular formula is C20H19NO3S2. The van der Waals surface area contributed by atoms with Gasteiger partial charge in [-0.15, -0.1) is 11.3 Å². The molecule has 0 fully saturated rings. The number of nitrogens with one attached hydrogen (secondary N) is 1. The van der Waals surface area contributed by atoms with Gasteiger partial charge in [0, 0.05) is 17.0 Å². The highest BCUT2D eigenvalue weighted by Crippen LogP contribution is 2.31. The lowest BCUT2D eigenvalue weighted by Crippen LogP contribution is -2.31. The second-order valence-corrected chi connectivity index (χ2v) is 9.05. The van der Waals surface area contributed by atoms with E-state index in [0.717, 1.165) is 5.56 Å². The van der Waals surface area contributed by atoms with Gasteiger partial charge in [0.2, 0.25) is 0 Å². The lowest BCUT2D eigenvalue weighted by atomic mass is 10.1. The minimum Gasteiger partial charge on any atom is -0.350 e. The van der Waals surface area contributed by atoms with Gasteiger partial charge in [-0.1, -0.05) is 42.0 Å². The lowest BCUT2D eigenvalue weighted by molar-refractivity contribution is 0.0953. The van der Waals surface area contributed by atoms with Gasteiger partial charge in [0.15, 0.2) is 9.84 Å². The molecule has 1 unspecified atom stereocenters. The predicted molar refractivity (Wildman–Crippen MR) is 104 cm³/mol. The Labute approximate surface area is 157 Å². The van der Waals surface area contributed by atoms with E-state index in [1.807, 2.05) is 30.5 Å². The molecular weight excluding hydrogens is 366 g/mol. The molecule has 0 bridgehead atoms. The van der Waals surface area contributed by atoms with Crippen LogP contribution in [0.15, 0.2) is 77.0 Å². The molecule has 0 saturated heterocycles. The average molecular weight is 386 g/mol. The monoisotopic (exact) mass is 385 g/mol. The van der Waals surface area contributed by atoms with E-state index in [1.54, 1.807) is 48.5 Å². The summed E-state index contributed by atoms with van der Waals surface area (Å²) in [6.45, 7) is 1.96. The molecule has 2 aromatic carbocycles. The highest BCUT2D eigenvalue weighted by Gasteiger charge is 2.30. The summed E-state index contributed by atoms with van der Waals surface area (Å²) in [4.78, 5) is 13.4. The summed E-state index contributed by atoms with van der Waals surface area (Å²) in [5.41, 5.74) is 1.57. The molecule has 0 radical (unpaired) electrons. The maximum Gasteiger partial charge on any atom is 0.251 e. The standard InChI is InChI=1S/C20H19NO3S2/c1-15-9-11-16(12-10-15)20(22)21-14-19(18-8-5-13-25-18)26(23,24)17-6-3-2-4-7-17/h2-13,19H,14H2,1H3,(H,21,22). The molecule has 3 rings (SSSR count). The molecule has 1 N–H and O–H groups in total. The summed E-state index contributed by atoms with van der Waals surface area (Å²) >= 11 is 1.37. The third kappa shape index (κ3) is 4.03. The minimum absolute atomic E-state index is 0.0183. The zero-order valence-electron chi connectivity index (χ0n) is 14.3. The first-order chi connectivity index (χ1) is 12.5. The van der Waals surface area contributed by atoms with Gasteiger partial charge in [0.1, 0.15) is 5.25 Å². The number of benzene rings is 2. The van der Waals surface area contributed by atoms with Gasteiger partial charge in [-0.3, -0.25) is 4.79 Å². The Balaban J connectivity index is 1.84. The van der Waals surface area contributed by atoms with Crippen molar-refractivity contribution in [2.45, 2.75) is 17.1 Å². The predicted octanol–water partition coefficient (Wildman–Crippen LogP) is 4.00. The van der Waals surface area contributed by atoms with E-state index in [-0.39, 0.29) is 17.3 Å². The van der Waals surface area contributed by atoms with Crippen molar-refractivity contribution in [3.63, 3.8) is 0 Å². The van der Waals surface area contributed by atoms with Crippen molar-refractivity contribution in [1.82, 2.24) is 5.32 Å². The van der Waals surface area contributed by atoms with E-state index in [1.165, 1.54) is 11.3 Å². The Morgan fingerprint density at radius 2 is 1.69 bits per heavy atom. The largest absolute Gasteiger partial charge is 0.350 e. The molecule has 4 nitrogen and oxygen atoms in total. The molecule has 3 aromatic rings. The van der Waals surface area contributed by atoms with Crippen molar-refractivity contribution >= 4 is 27.1 Å². The van der Waals surface area contributed by atoms with Crippen molar-refractivity contribution < 1.29 is 13.2 Å². The number of rotatable bonds is 6. The van der Waals surface area contributed by atoms with Crippen LogP contribution in [-0.2, 0) is 9.84 Å². The molecule has 0 aliphatic rings. The van der Waals surface area contributed by atoms with E-state index in [4.69, 9.17) is 0 Å². The molecule has 1 amide bonds. The van der Waals surface area contributed by atoms with E-state index < -0.39 is 15.1 Å². The normalized spacial score (nSPS) is 12.5. The first kappa shape index (κ1) is 18.4. The fourth-order valence-corrected chi connectivity index (χ4v) is 5.41. The van der Waals surface area contributed by atoms with E-state index in [9.17, 15) is 13.2 Å². The van der Waals surface area contributed by atoms with Crippen LogP contribution in [-0.4, -0.2) is 20.9 Å². The van der Waals surface area contributed by atoms with Crippen molar-refractivity contribution in [2.24, 2.45) is 0 Å². The smallest absolute Gasteiger partial charge is 0.251 e. The highest BCUT2D eigenvalue weighted by molar-refractivity contribution is 7.91. The van der Waals surface area contributed by atoms with Gasteiger partial charge >= 0.3 is 0 Å². The fourth-order valence-electron chi connectivity index (χ4n) is 2.60. The molecule has 1 aromatic heterocycles. The van der Waals surface area contributed by atoms with Crippen LogP contribution in [0.4, 0.5) is 0 Å². The first-order valence-electron chi connectivity index (χ1n) is 8.15. The van der Waals surface area contributed by atoms with E-state index >= 15 is 0 Å². The Hall–Kier alpha value is -2.44. The quantitative estimate of drug-likeness (QED) is 0.697. The van der Waals surface area contributed by atoms with Crippen LogP contribution < -0.4 is 5.32 Å². The summed E-state index contributed by atoms with van der Waals surface area (Å²) in [7, 11) is -3.61. The highest BCUT2D eigenvalue weighted by atomic mass is 32.2. The number of hydrogen-bond acceptors (Lipinski definition) is 4. The summed E-state index contributed by atoms with van der Waals surface area (Å²) in [6.07, 6.45) is 0. The maximum atomic E-state index is 13.1. The summed E-state index contributed by atoms with van der Waals surface area (Å²) in [6, 6.07) is 19.1. The Bertz CT molecular complexity index is 964. The number of sulfone groups is 1. The second-order valence-electron chi connectivity index (χ2n) is 5.94. The van der Waals surface area contributed by atoms with E-state index in [0.29, 0.717) is 10.4 Å². The summed E-state index contributed by atoms with van der Waals surface area (Å²) in [5.74, 6) is -0.283. The summed E-state index contributed by atoms with van der Waals surface area (Å²) in [5, 5.41) is 3.79. The number of amides is 1. The Morgan fingerprint density at radius 3 is 2.31 bits per heavy atom. The van der Waals surface area contributed by atoms with Crippen LogP contribution in [0.2, 0.25) is 0 Å². The van der Waals surface area contributed by atoms with Crippen LogP contribution in [0.1, 0.15) is 26.0 Å². The molecule has 0 aliphatic carbocycles. The van der Waals surface area contributed by atoms with Crippen molar-refractivity contribution in [3.05, 3.63) is 88.1 Å². The number of hydrogen-bond donors (Lipinski definition) is 1. The van der Waals surface area contributed by atoms with Gasteiger partial charge in [-0.05, 0) is 42.6 Å². The average Bonchev–Trinajstić information content (AvgIpc) is 3.17. The molecule has 6 heteroatoms. The van der Waals surface area contributed by atoms with E-state index in [2.05, 4.69) is 5.32 Å². The van der Waals surface area contributed by atoms with Gasteiger partial charge in [0.25, 0.3) is 5.91 Å². The Morgan fingerprint density at radius 1 is 1.00 bits per heavy atom. The lowest BCUT2D eigenvalue weighted by Gasteiger charge is -2.17. The number of carbonyl (C=O) groups is 1. The molecule has 26 heavy (non-hydrogen) atoms. The molecule has 0 spiro atoms. The molecule has 0 aliphatic heterocycles. The Kier molecular flexibility index (Phi) is 5.54. The van der Waals surface area contributed by atoms with Crippen LogP contribution in [0.5, 0.6) is 0 Å². The number of thiophene rings is 1. The SMILES string of the molecule is Cc1ccc(C(=O)NCC(c2cccs2)S(=O)(=O)c2ccccc2)cc1. The second kappa shape index (κ2) is 7.85. The third-order valence-electron chi connectivity index (χ3n) is 4.07. The van der Waals surface area contributed by atoms with Gasteiger partial charge < -0.3 is 5.32 Å². The zero-order chi connectivity index (χ0) is 18.6. The molecule has 134 valence electrons. The van der Waals surface area contributed by atoms with Crippen LogP contribution in [0.3, 0.4) is 0 Å². The van der Waals surface area contributed by atoms with Gasteiger partial charge in [0.05, 0.1) is 4.90 Å². The van der Waals surface area contributed by atoms with Crippen molar-refractivity contribution in [2.75, 3.05) is 6.54 Å². The van der Waals surface area contributed by atoms with Gasteiger partial charge in [-0.25, -0.2) is 8.42 Å². The molecule has 1 heterocycles. The van der Waals surface area contributed by atoms with Gasteiger partial charge in [-0.2, -0.15) is 0 Å².